The zero-order chi connectivity index (χ0) is 22.2. The molecule has 0 unspecified atom stereocenters. The number of hydrogen-bond donors (Lipinski definition) is 0. The number of fused-ring (bicyclic) bond motifs is 3. The minimum absolute atomic E-state index is 0.101. The molecule has 32 heavy (non-hydrogen) atoms. The summed E-state index contributed by atoms with van der Waals surface area (Å²) in [5.41, 5.74) is 1.91. The summed E-state index contributed by atoms with van der Waals surface area (Å²) in [6.45, 7) is 4.08. The van der Waals surface area contributed by atoms with Crippen molar-refractivity contribution in [2.75, 3.05) is 6.61 Å². The molecule has 7 nitrogen and oxygen atoms in total. The summed E-state index contributed by atoms with van der Waals surface area (Å²) >= 11 is 12.3. The number of benzene rings is 1. The highest BCUT2D eigenvalue weighted by atomic mass is 35.5. The SMILES string of the molecule is CC1(C)O[C@H]2[C@@H](O1)[C@H](n1ccc3c(Cl)ncnc31)O[C@@H]2[C@@H]1OCCc2c1ccc(Cl)c2F. The van der Waals surface area contributed by atoms with Crippen LogP contribution >= 0.6 is 23.2 Å². The maximum Gasteiger partial charge on any atom is 0.164 e. The fourth-order valence-electron chi connectivity index (χ4n) is 5.00. The lowest BCUT2D eigenvalue weighted by Crippen LogP contribution is -2.37. The second kappa shape index (κ2) is 7.35. The molecular formula is C22H20Cl2FN3O4. The third kappa shape index (κ3) is 3.09. The highest BCUT2D eigenvalue weighted by molar-refractivity contribution is 6.33. The molecule has 0 aliphatic carbocycles. The van der Waals surface area contributed by atoms with Crippen LogP contribution in [0.5, 0.6) is 0 Å². The van der Waals surface area contributed by atoms with Crippen molar-refractivity contribution in [3.63, 3.8) is 0 Å². The average molecular weight is 480 g/mol. The molecule has 2 fully saturated rings. The Balaban J connectivity index is 1.43. The first-order valence-corrected chi connectivity index (χ1v) is 11.2. The first kappa shape index (κ1) is 20.8. The molecule has 0 bridgehead atoms. The molecule has 2 saturated heterocycles. The van der Waals surface area contributed by atoms with E-state index in [0.29, 0.717) is 34.8 Å². The summed E-state index contributed by atoms with van der Waals surface area (Å²) in [6, 6.07) is 5.19. The van der Waals surface area contributed by atoms with Gasteiger partial charge in [-0.2, -0.15) is 0 Å². The predicted molar refractivity (Wildman–Crippen MR) is 114 cm³/mol. The second-order valence-electron chi connectivity index (χ2n) is 8.65. The van der Waals surface area contributed by atoms with Gasteiger partial charge in [-0.25, -0.2) is 14.4 Å². The van der Waals surface area contributed by atoms with Crippen molar-refractivity contribution in [2.24, 2.45) is 0 Å². The molecular weight excluding hydrogens is 460 g/mol. The summed E-state index contributed by atoms with van der Waals surface area (Å²) in [6.07, 6.45) is 1.25. The topological polar surface area (TPSA) is 67.6 Å². The zero-order valence-electron chi connectivity index (χ0n) is 17.3. The maximum absolute atomic E-state index is 14.7. The first-order chi connectivity index (χ1) is 15.3. The van der Waals surface area contributed by atoms with E-state index in [9.17, 15) is 4.39 Å². The van der Waals surface area contributed by atoms with Crippen LogP contribution in [0.25, 0.3) is 11.0 Å². The van der Waals surface area contributed by atoms with E-state index in [4.69, 9.17) is 42.1 Å². The van der Waals surface area contributed by atoms with E-state index in [2.05, 4.69) is 9.97 Å². The predicted octanol–water partition coefficient (Wildman–Crippen LogP) is 4.61. The van der Waals surface area contributed by atoms with Gasteiger partial charge in [-0.05, 0) is 43.5 Å². The fourth-order valence-corrected chi connectivity index (χ4v) is 5.37. The molecule has 0 spiro atoms. The molecule has 5 heterocycles. The van der Waals surface area contributed by atoms with Crippen LogP contribution in [0.15, 0.2) is 30.7 Å². The van der Waals surface area contributed by atoms with Crippen LogP contribution in [0.2, 0.25) is 10.2 Å². The Morgan fingerprint density at radius 3 is 2.75 bits per heavy atom. The van der Waals surface area contributed by atoms with Crippen molar-refractivity contribution in [1.82, 2.24) is 14.5 Å². The standard InChI is InChI=1S/C22H20Cl2FN3O4/c1-22(2)31-17-16(15-11-3-4-13(23)14(25)10(11)6-8-29-15)30-21(18(17)32-22)28-7-5-12-19(24)26-9-27-20(12)28/h3-5,7,9,15-18,21H,6,8H2,1-2H3/t15-,16-,17-,18-,21-/m1/s1. The van der Waals surface area contributed by atoms with Crippen LogP contribution in [0, 0.1) is 5.82 Å². The van der Waals surface area contributed by atoms with E-state index >= 15 is 0 Å². The van der Waals surface area contributed by atoms with Gasteiger partial charge in [0.15, 0.2) is 12.0 Å². The van der Waals surface area contributed by atoms with E-state index in [0.717, 1.165) is 5.56 Å². The Labute approximate surface area is 193 Å². The highest BCUT2D eigenvalue weighted by Crippen LogP contribution is 2.49. The van der Waals surface area contributed by atoms with Crippen LogP contribution in [0.1, 0.15) is 37.3 Å². The molecule has 0 saturated carbocycles. The van der Waals surface area contributed by atoms with Crippen LogP contribution in [-0.4, -0.2) is 45.2 Å². The molecule has 3 aromatic rings. The van der Waals surface area contributed by atoms with Gasteiger partial charge in [0.05, 0.1) is 17.0 Å². The maximum atomic E-state index is 14.7. The van der Waals surface area contributed by atoms with Gasteiger partial charge in [-0.15, -0.1) is 0 Å². The Morgan fingerprint density at radius 1 is 1.09 bits per heavy atom. The second-order valence-corrected chi connectivity index (χ2v) is 9.42. The smallest absolute Gasteiger partial charge is 0.164 e. The fraction of sp³-hybridized carbons (Fsp3) is 0.455. The molecule has 168 valence electrons. The lowest BCUT2D eigenvalue weighted by Gasteiger charge is -2.33. The van der Waals surface area contributed by atoms with Gasteiger partial charge in [0.1, 0.15) is 47.4 Å². The Kier molecular flexibility index (Phi) is 4.77. The summed E-state index contributed by atoms with van der Waals surface area (Å²) < 4.78 is 41.7. The average Bonchev–Trinajstić information content (AvgIpc) is 3.42. The van der Waals surface area contributed by atoms with Crippen molar-refractivity contribution < 1.29 is 23.3 Å². The molecule has 3 aliphatic heterocycles. The van der Waals surface area contributed by atoms with Crippen molar-refractivity contribution in [1.29, 1.82) is 0 Å². The van der Waals surface area contributed by atoms with Crippen LogP contribution < -0.4 is 0 Å². The monoisotopic (exact) mass is 479 g/mol. The number of rotatable bonds is 2. The molecule has 0 radical (unpaired) electrons. The van der Waals surface area contributed by atoms with E-state index in [1.54, 1.807) is 12.1 Å². The molecule has 10 heteroatoms. The molecule has 5 atom stereocenters. The third-order valence-corrected chi connectivity index (χ3v) is 6.88. The lowest BCUT2D eigenvalue weighted by molar-refractivity contribution is -0.212. The van der Waals surface area contributed by atoms with E-state index in [1.165, 1.54) is 6.33 Å². The van der Waals surface area contributed by atoms with Gasteiger partial charge in [0, 0.05) is 6.20 Å². The number of nitrogens with zero attached hydrogens (tertiary/aromatic N) is 3. The quantitative estimate of drug-likeness (QED) is 0.500. The van der Waals surface area contributed by atoms with Gasteiger partial charge in [-0.1, -0.05) is 29.3 Å². The van der Waals surface area contributed by atoms with Gasteiger partial charge in [0.25, 0.3) is 0 Å². The number of ether oxygens (including phenoxy) is 4. The molecule has 0 N–H and O–H groups in total. The Hall–Kier alpha value is -1.81. The van der Waals surface area contributed by atoms with Crippen LogP contribution in [0.4, 0.5) is 4.39 Å². The van der Waals surface area contributed by atoms with Gasteiger partial charge >= 0.3 is 0 Å². The van der Waals surface area contributed by atoms with Crippen LogP contribution in [-0.2, 0) is 25.4 Å². The summed E-state index contributed by atoms with van der Waals surface area (Å²) in [7, 11) is 0. The van der Waals surface area contributed by atoms with Crippen molar-refractivity contribution >= 4 is 34.2 Å². The van der Waals surface area contributed by atoms with E-state index in [1.807, 2.05) is 30.7 Å². The minimum Gasteiger partial charge on any atom is -0.370 e. The number of aromatic nitrogens is 3. The third-order valence-electron chi connectivity index (χ3n) is 6.29. The summed E-state index contributed by atoms with van der Waals surface area (Å²) in [5.74, 6) is -1.22. The molecule has 2 aromatic heterocycles. The van der Waals surface area contributed by atoms with Crippen molar-refractivity contribution in [3.05, 3.63) is 57.8 Å². The Bertz CT molecular complexity index is 1220. The number of halogens is 3. The van der Waals surface area contributed by atoms with Gasteiger partial charge < -0.3 is 23.5 Å². The normalized spacial score (nSPS) is 31.1. The van der Waals surface area contributed by atoms with Crippen molar-refractivity contribution in [3.8, 4) is 0 Å². The largest absolute Gasteiger partial charge is 0.370 e. The molecule has 3 aliphatic rings. The van der Waals surface area contributed by atoms with Gasteiger partial charge in [0.2, 0.25) is 0 Å². The molecule has 0 amide bonds. The Morgan fingerprint density at radius 2 is 1.91 bits per heavy atom. The van der Waals surface area contributed by atoms with Crippen LogP contribution in [0.3, 0.4) is 0 Å². The van der Waals surface area contributed by atoms with E-state index < -0.39 is 42.2 Å². The van der Waals surface area contributed by atoms with Gasteiger partial charge in [-0.3, -0.25) is 0 Å². The van der Waals surface area contributed by atoms with E-state index in [-0.39, 0.29) is 5.02 Å². The van der Waals surface area contributed by atoms with Crippen molar-refractivity contribution in [2.45, 2.75) is 56.7 Å². The minimum atomic E-state index is -0.812. The zero-order valence-corrected chi connectivity index (χ0v) is 18.8. The first-order valence-electron chi connectivity index (χ1n) is 10.4. The highest BCUT2D eigenvalue weighted by Gasteiger charge is 2.59. The summed E-state index contributed by atoms with van der Waals surface area (Å²) in [5, 5.41) is 1.18. The molecule has 1 aromatic carbocycles. The summed E-state index contributed by atoms with van der Waals surface area (Å²) in [4.78, 5) is 8.43. The number of hydrogen-bond acceptors (Lipinski definition) is 6. The lowest BCUT2D eigenvalue weighted by atomic mass is 9.91. The molecule has 6 rings (SSSR count).